The Hall–Kier alpha value is -4.53. The Kier molecular flexibility index (Phi) is 6.56. The van der Waals surface area contributed by atoms with Crippen molar-refractivity contribution in [3.8, 4) is 39.4 Å². The molecular formula is C31H24N4O2S2. The van der Waals surface area contributed by atoms with Gasteiger partial charge in [0.25, 0.3) is 5.91 Å². The van der Waals surface area contributed by atoms with Gasteiger partial charge in [0, 0.05) is 21.9 Å². The van der Waals surface area contributed by atoms with E-state index in [1.54, 1.807) is 7.11 Å². The average molecular weight is 549 g/mol. The Morgan fingerprint density at radius 2 is 1.56 bits per heavy atom. The lowest BCUT2D eigenvalue weighted by Gasteiger charge is -2.10. The molecule has 3 N–H and O–H groups in total. The fraction of sp³-hybridized carbons (Fsp3) is 0.0645. The summed E-state index contributed by atoms with van der Waals surface area (Å²) in [5, 5.41) is 6.15. The van der Waals surface area contributed by atoms with Gasteiger partial charge in [-0.1, -0.05) is 60.2 Å². The van der Waals surface area contributed by atoms with Gasteiger partial charge < -0.3 is 10.5 Å². The number of carbonyl (C=O) groups is 1. The Bertz CT molecular complexity index is 1790. The molecule has 39 heavy (non-hydrogen) atoms. The number of aryl methyl sites for hydroxylation is 1. The molecule has 0 aliphatic rings. The number of nitrogens with two attached hydrogens (primary N) is 1. The molecule has 0 aliphatic heterocycles. The topological polar surface area (TPSA) is 90.1 Å². The van der Waals surface area contributed by atoms with E-state index in [4.69, 9.17) is 15.5 Å². The van der Waals surface area contributed by atoms with Gasteiger partial charge in [-0.2, -0.15) is 0 Å². The van der Waals surface area contributed by atoms with E-state index in [-0.39, 0.29) is 5.91 Å². The van der Waals surface area contributed by atoms with Crippen molar-refractivity contribution in [1.29, 1.82) is 0 Å². The highest BCUT2D eigenvalue weighted by Gasteiger charge is 2.22. The van der Waals surface area contributed by atoms with Gasteiger partial charge in [-0.15, -0.1) is 22.7 Å². The summed E-state index contributed by atoms with van der Waals surface area (Å²) in [5.41, 5.74) is 13.7. The summed E-state index contributed by atoms with van der Waals surface area (Å²) in [7, 11) is 1.64. The molecule has 6 rings (SSSR count). The maximum absolute atomic E-state index is 13.4. The predicted octanol–water partition coefficient (Wildman–Crippen LogP) is 7.91. The van der Waals surface area contributed by atoms with Gasteiger partial charge in [-0.25, -0.2) is 9.97 Å². The molecule has 0 radical (unpaired) electrons. The Morgan fingerprint density at radius 1 is 0.872 bits per heavy atom. The molecule has 6 nitrogen and oxygen atoms in total. The first-order valence-corrected chi connectivity index (χ1v) is 14.0. The zero-order chi connectivity index (χ0) is 26.9. The molecule has 3 aromatic carbocycles. The minimum atomic E-state index is -0.301. The quantitative estimate of drug-likeness (QED) is 0.221. The van der Waals surface area contributed by atoms with E-state index in [2.05, 4.69) is 41.5 Å². The first-order valence-electron chi connectivity index (χ1n) is 12.3. The average Bonchev–Trinajstić information content (AvgIpc) is 3.58. The van der Waals surface area contributed by atoms with Crippen molar-refractivity contribution in [3.05, 3.63) is 101 Å². The Morgan fingerprint density at radius 3 is 2.28 bits per heavy atom. The number of hydrogen-bond donors (Lipinski definition) is 2. The number of carbonyl (C=O) groups excluding carboxylic acids is 1. The number of methoxy groups -OCH3 is 1. The number of anilines is 2. The van der Waals surface area contributed by atoms with Crippen LogP contribution in [-0.2, 0) is 0 Å². The summed E-state index contributed by atoms with van der Waals surface area (Å²) in [6.07, 6.45) is 0. The molecule has 0 spiro atoms. The molecule has 0 atom stereocenters. The molecule has 3 aromatic heterocycles. The number of aromatic nitrogens is 2. The van der Waals surface area contributed by atoms with Crippen molar-refractivity contribution in [2.24, 2.45) is 0 Å². The van der Waals surface area contributed by atoms with Crippen molar-refractivity contribution >= 4 is 49.6 Å². The minimum Gasteiger partial charge on any atom is -0.497 e. The second-order valence-electron chi connectivity index (χ2n) is 9.03. The standard InChI is InChI=1S/C31H24N4O2S2/c1-18-8-10-19(11-9-18)23-16-24(21-12-14-22(37-2)15-13-21)33-30-26(23)27(32)28(39-30)29(36)35-31-34-25(17-38-31)20-6-4-3-5-7-20/h3-17H,32H2,1-2H3,(H,34,35,36). The molecule has 6 aromatic rings. The number of fused-ring (bicyclic) bond motifs is 1. The van der Waals surface area contributed by atoms with Crippen molar-refractivity contribution < 1.29 is 9.53 Å². The maximum Gasteiger partial charge on any atom is 0.269 e. The van der Waals surface area contributed by atoms with E-state index in [9.17, 15) is 4.79 Å². The van der Waals surface area contributed by atoms with Crippen molar-refractivity contribution in [2.75, 3.05) is 18.2 Å². The van der Waals surface area contributed by atoms with Crippen LogP contribution < -0.4 is 15.8 Å². The number of nitrogens with one attached hydrogen (secondary N) is 1. The van der Waals surface area contributed by atoms with Crippen molar-refractivity contribution in [3.63, 3.8) is 0 Å². The van der Waals surface area contributed by atoms with Gasteiger partial charge in [-0.05, 0) is 48.4 Å². The summed E-state index contributed by atoms with van der Waals surface area (Å²) in [6, 6.07) is 27.9. The second kappa shape index (κ2) is 10.3. The van der Waals surface area contributed by atoms with Crippen molar-refractivity contribution in [2.45, 2.75) is 6.92 Å². The van der Waals surface area contributed by atoms with Gasteiger partial charge in [0.05, 0.1) is 24.2 Å². The van der Waals surface area contributed by atoms with Crippen LogP contribution >= 0.6 is 22.7 Å². The van der Waals surface area contributed by atoms with Crippen LogP contribution in [0.3, 0.4) is 0 Å². The third-order valence-corrected chi connectivity index (χ3v) is 8.30. The number of ether oxygens (including phenoxy) is 1. The molecule has 0 aliphatic carbocycles. The number of nitrogen functional groups attached to an aromatic ring is 1. The summed E-state index contributed by atoms with van der Waals surface area (Å²) >= 11 is 2.67. The number of hydrogen-bond acceptors (Lipinski definition) is 7. The van der Waals surface area contributed by atoms with Crippen LogP contribution in [0, 0.1) is 6.92 Å². The number of rotatable bonds is 6. The van der Waals surface area contributed by atoms with E-state index in [0.29, 0.717) is 20.5 Å². The maximum atomic E-state index is 13.4. The van der Waals surface area contributed by atoms with Gasteiger partial charge in [0.15, 0.2) is 5.13 Å². The van der Waals surface area contributed by atoms with E-state index < -0.39 is 0 Å². The number of nitrogens with zero attached hydrogens (tertiary/aromatic N) is 2. The molecule has 0 saturated carbocycles. The molecule has 8 heteroatoms. The van der Waals surface area contributed by atoms with E-state index >= 15 is 0 Å². The molecule has 192 valence electrons. The molecule has 0 bridgehead atoms. The fourth-order valence-electron chi connectivity index (χ4n) is 4.39. The van der Waals surface area contributed by atoms with Crippen molar-refractivity contribution in [1.82, 2.24) is 9.97 Å². The summed E-state index contributed by atoms with van der Waals surface area (Å²) in [5.74, 6) is 0.473. The SMILES string of the molecule is COc1ccc(-c2cc(-c3ccc(C)cc3)c3c(N)c(C(=O)Nc4nc(-c5ccccc5)cs4)sc3n2)cc1. The largest absolute Gasteiger partial charge is 0.497 e. The fourth-order valence-corrected chi connectivity index (χ4v) is 6.12. The number of benzene rings is 3. The van der Waals surface area contributed by atoms with Gasteiger partial charge >= 0.3 is 0 Å². The summed E-state index contributed by atoms with van der Waals surface area (Å²) in [6.45, 7) is 2.05. The lowest BCUT2D eigenvalue weighted by molar-refractivity contribution is 0.103. The first-order chi connectivity index (χ1) is 19.0. The zero-order valence-electron chi connectivity index (χ0n) is 21.3. The molecular weight excluding hydrogens is 525 g/mol. The second-order valence-corrected chi connectivity index (χ2v) is 10.9. The van der Waals surface area contributed by atoms with Crippen LogP contribution in [0.4, 0.5) is 10.8 Å². The normalized spacial score (nSPS) is 11.0. The highest BCUT2D eigenvalue weighted by molar-refractivity contribution is 7.21. The van der Waals surface area contributed by atoms with Gasteiger partial charge in [0.1, 0.15) is 15.5 Å². The zero-order valence-corrected chi connectivity index (χ0v) is 22.9. The minimum absolute atomic E-state index is 0.301. The van der Waals surface area contributed by atoms with E-state index in [1.165, 1.54) is 22.7 Å². The number of amides is 1. The van der Waals surface area contributed by atoms with Crippen LogP contribution in [0.1, 0.15) is 15.2 Å². The number of pyridine rings is 1. The van der Waals surface area contributed by atoms with Crippen LogP contribution in [-0.4, -0.2) is 23.0 Å². The molecule has 0 unspecified atom stereocenters. The van der Waals surface area contributed by atoms with Crippen LogP contribution in [0.25, 0.3) is 43.9 Å². The Labute approximate surface area is 233 Å². The Balaban J connectivity index is 1.41. The molecule has 3 heterocycles. The molecule has 1 amide bonds. The van der Waals surface area contributed by atoms with E-state index in [1.807, 2.05) is 66.0 Å². The molecule has 0 saturated heterocycles. The lowest BCUT2D eigenvalue weighted by atomic mass is 9.98. The third-order valence-electron chi connectivity index (χ3n) is 6.45. The van der Waals surface area contributed by atoms with E-state index in [0.717, 1.165) is 50.3 Å². The van der Waals surface area contributed by atoms with Crippen LogP contribution in [0.15, 0.2) is 90.3 Å². The van der Waals surface area contributed by atoms with Gasteiger partial charge in [-0.3, -0.25) is 10.1 Å². The highest BCUT2D eigenvalue weighted by Crippen LogP contribution is 2.42. The number of thiazole rings is 1. The predicted molar refractivity (Wildman–Crippen MR) is 162 cm³/mol. The van der Waals surface area contributed by atoms with Crippen LogP contribution in [0.2, 0.25) is 0 Å². The smallest absolute Gasteiger partial charge is 0.269 e. The monoisotopic (exact) mass is 548 g/mol. The van der Waals surface area contributed by atoms with Gasteiger partial charge in [0.2, 0.25) is 0 Å². The lowest BCUT2D eigenvalue weighted by Crippen LogP contribution is -2.11. The van der Waals surface area contributed by atoms with Crippen LogP contribution in [0.5, 0.6) is 5.75 Å². The summed E-state index contributed by atoms with van der Waals surface area (Å²) < 4.78 is 5.32. The molecule has 0 fully saturated rings. The number of thiophene rings is 1. The summed E-state index contributed by atoms with van der Waals surface area (Å²) in [4.78, 5) is 24.0. The third kappa shape index (κ3) is 4.87. The first kappa shape index (κ1) is 24.8. The highest BCUT2D eigenvalue weighted by atomic mass is 32.1.